The number of H-pyrrole nitrogens is 1. The van der Waals surface area contributed by atoms with Gasteiger partial charge < -0.3 is 14.8 Å². The molecule has 1 rings (SSSR count). The van der Waals surface area contributed by atoms with Crippen LogP contribution in [0.1, 0.15) is 17.6 Å². The van der Waals surface area contributed by atoms with Crippen LogP contribution in [0.25, 0.3) is 0 Å². The first-order valence-corrected chi connectivity index (χ1v) is 4.25. The van der Waals surface area contributed by atoms with Crippen LogP contribution in [0.4, 0.5) is 8.78 Å². The van der Waals surface area contributed by atoms with Crippen molar-refractivity contribution in [3.8, 4) is 5.75 Å². The van der Waals surface area contributed by atoms with Gasteiger partial charge in [0.05, 0.1) is 13.5 Å². The van der Waals surface area contributed by atoms with Gasteiger partial charge in [-0.25, -0.2) is 8.78 Å². The number of nitrogens with one attached hydrogen (secondary N) is 1. The summed E-state index contributed by atoms with van der Waals surface area (Å²) >= 11 is 0. The van der Waals surface area contributed by atoms with Crippen LogP contribution in [-0.2, 0) is 16.0 Å². The third kappa shape index (κ3) is 2.36. The lowest BCUT2D eigenvalue weighted by Crippen LogP contribution is -2.15. The fourth-order valence-corrected chi connectivity index (χ4v) is 1.14. The standard InChI is InChI=1S/C9H9F2NO4/c1-16-5(13)2-4-3-12-9(15)6(7(4)14)8(10)11/h3,8H,2H2,1H3,(H2,12,14,15). The number of methoxy groups -OCH3 is 1. The first kappa shape index (κ1) is 12.2. The Morgan fingerprint density at radius 1 is 1.62 bits per heavy atom. The Hall–Kier alpha value is -1.92. The van der Waals surface area contributed by atoms with Gasteiger partial charge in [0, 0.05) is 11.8 Å². The van der Waals surface area contributed by atoms with Gasteiger partial charge >= 0.3 is 5.97 Å². The number of hydrogen-bond donors (Lipinski definition) is 2. The number of pyridine rings is 1. The summed E-state index contributed by atoms with van der Waals surface area (Å²) in [6.45, 7) is 0. The number of carbonyl (C=O) groups is 1. The molecular formula is C9H9F2NO4. The van der Waals surface area contributed by atoms with E-state index in [9.17, 15) is 23.5 Å². The average molecular weight is 233 g/mol. The predicted octanol–water partition coefficient (Wildman–Crippen LogP) is 0.734. The normalized spacial score (nSPS) is 10.5. The Bertz CT molecular complexity index is 455. The number of alkyl halides is 2. The molecule has 0 aromatic carbocycles. The van der Waals surface area contributed by atoms with Gasteiger partial charge in [0.15, 0.2) is 0 Å². The maximum absolute atomic E-state index is 12.4. The molecule has 5 nitrogen and oxygen atoms in total. The second kappa shape index (κ2) is 4.73. The number of aromatic amines is 1. The van der Waals surface area contributed by atoms with Crippen molar-refractivity contribution in [1.82, 2.24) is 4.98 Å². The highest BCUT2D eigenvalue weighted by atomic mass is 19.3. The van der Waals surface area contributed by atoms with E-state index in [1.54, 1.807) is 0 Å². The number of esters is 1. The summed E-state index contributed by atoms with van der Waals surface area (Å²) in [7, 11) is 1.12. The highest BCUT2D eigenvalue weighted by Crippen LogP contribution is 2.27. The van der Waals surface area contributed by atoms with Crippen molar-refractivity contribution < 1.29 is 23.4 Å². The van der Waals surface area contributed by atoms with Gasteiger partial charge in [0.1, 0.15) is 11.3 Å². The van der Waals surface area contributed by atoms with Gasteiger partial charge in [-0.15, -0.1) is 0 Å². The lowest BCUT2D eigenvalue weighted by atomic mass is 10.1. The van der Waals surface area contributed by atoms with Crippen LogP contribution in [0.15, 0.2) is 11.0 Å². The molecule has 0 aliphatic carbocycles. The summed E-state index contributed by atoms with van der Waals surface area (Å²) in [5, 5.41) is 9.38. The number of hydrogen-bond acceptors (Lipinski definition) is 4. The van der Waals surface area contributed by atoms with Gasteiger partial charge in [-0.05, 0) is 0 Å². The lowest BCUT2D eigenvalue weighted by molar-refractivity contribution is -0.139. The van der Waals surface area contributed by atoms with Gasteiger partial charge in [-0.2, -0.15) is 0 Å². The Morgan fingerprint density at radius 3 is 2.75 bits per heavy atom. The molecule has 1 aromatic rings. The summed E-state index contributed by atoms with van der Waals surface area (Å²) < 4.78 is 29.1. The minimum Gasteiger partial charge on any atom is -0.507 e. The third-order valence-electron chi connectivity index (χ3n) is 1.96. The smallest absolute Gasteiger partial charge is 0.310 e. The van der Waals surface area contributed by atoms with Crippen LogP contribution in [0, 0.1) is 0 Å². The van der Waals surface area contributed by atoms with Crippen LogP contribution in [0.5, 0.6) is 5.75 Å². The van der Waals surface area contributed by atoms with Gasteiger partial charge in [0.25, 0.3) is 12.0 Å². The van der Waals surface area contributed by atoms with E-state index < -0.39 is 35.7 Å². The minimum absolute atomic E-state index is 0.109. The van der Waals surface area contributed by atoms with Crippen molar-refractivity contribution >= 4 is 5.97 Å². The zero-order valence-corrected chi connectivity index (χ0v) is 8.29. The SMILES string of the molecule is COC(=O)Cc1c[nH]c(=O)c(C(F)F)c1O. The number of halogens is 2. The molecule has 0 bridgehead atoms. The van der Waals surface area contributed by atoms with Crippen LogP contribution < -0.4 is 5.56 Å². The summed E-state index contributed by atoms with van der Waals surface area (Å²) in [6.07, 6.45) is -2.50. The van der Waals surface area contributed by atoms with E-state index >= 15 is 0 Å². The summed E-state index contributed by atoms with van der Waals surface area (Å²) in [5.41, 5.74) is -2.23. The summed E-state index contributed by atoms with van der Waals surface area (Å²) in [4.78, 5) is 23.9. The van der Waals surface area contributed by atoms with Gasteiger partial charge in [0.2, 0.25) is 0 Å². The molecule has 16 heavy (non-hydrogen) atoms. The van der Waals surface area contributed by atoms with Gasteiger partial charge in [-0.1, -0.05) is 0 Å². The molecule has 0 unspecified atom stereocenters. The molecular weight excluding hydrogens is 224 g/mol. The number of aromatic hydroxyl groups is 1. The van der Waals surface area contributed by atoms with Crippen molar-refractivity contribution in [2.45, 2.75) is 12.8 Å². The van der Waals surface area contributed by atoms with Crippen molar-refractivity contribution in [2.24, 2.45) is 0 Å². The summed E-state index contributed by atoms with van der Waals surface area (Å²) in [6, 6.07) is 0. The maximum Gasteiger partial charge on any atom is 0.310 e. The first-order valence-electron chi connectivity index (χ1n) is 4.25. The molecule has 7 heteroatoms. The molecule has 88 valence electrons. The molecule has 1 heterocycles. The molecule has 0 aliphatic rings. The lowest BCUT2D eigenvalue weighted by Gasteiger charge is -2.07. The number of aromatic nitrogens is 1. The zero-order chi connectivity index (χ0) is 12.3. The van der Waals surface area contributed by atoms with E-state index in [4.69, 9.17) is 0 Å². The number of carbonyl (C=O) groups excluding carboxylic acids is 1. The minimum atomic E-state index is -3.11. The second-order valence-corrected chi connectivity index (χ2v) is 2.96. The highest BCUT2D eigenvalue weighted by Gasteiger charge is 2.21. The number of rotatable bonds is 3. The number of ether oxygens (including phenoxy) is 1. The maximum atomic E-state index is 12.4. The largest absolute Gasteiger partial charge is 0.507 e. The fourth-order valence-electron chi connectivity index (χ4n) is 1.14. The van der Waals surface area contributed by atoms with E-state index in [1.807, 2.05) is 4.98 Å². The predicted molar refractivity (Wildman–Crippen MR) is 49.4 cm³/mol. The molecule has 0 aliphatic heterocycles. The molecule has 0 amide bonds. The van der Waals surface area contributed by atoms with Crippen molar-refractivity contribution in [1.29, 1.82) is 0 Å². The Morgan fingerprint density at radius 2 is 2.25 bits per heavy atom. The fraction of sp³-hybridized carbons (Fsp3) is 0.333. The van der Waals surface area contributed by atoms with Gasteiger partial charge in [-0.3, -0.25) is 9.59 Å². The van der Waals surface area contributed by atoms with Crippen molar-refractivity contribution in [3.05, 3.63) is 27.7 Å². The van der Waals surface area contributed by atoms with E-state index in [0.29, 0.717) is 0 Å². The topological polar surface area (TPSA) is 79.4 Å². The molecule has 0 radical (unpaired) electrons. The second-order valence-electron chi connectivity index (χ2n) is 2.96. The first-order chi connectivity index (χ1) is 7.47. The molecule has 0 fully saturated rings. The molecule has 2 N–H and O–H groups in total. The van der Waals surface area contributed by atoms with Crippen LogP contribution >= 0.6 is 0 Å². The highest BCUT2D eigenvalue weighted by molar-refractivity contribution is 5.73. The van der Waals surface area contributed by atoms with Crippen molar-refractivity contribution in [3.63, 3.8) is 0 Å². The molecule has 0 saturated heterocycles. The zero-order valence-electron chi connectivity index (χ0n) is 8.29. The van der Waals surface area contributed by atoms with E-state index in [1.165, 1.54) is 0 Å². The van der Waals surface area contributed by atoms with E-state index in [0.717, 1.165) is 13.3 Å². The van der Waals surface area contributed by atoms with Crippen molar-refractivity contribution in [2.75, 3.05) is 7.11 Å². The molecule has 1 aromatic heterocycles. The van der Waals surface area contributed by atoms with Crippen LogP contribution in [-0.4, -0.2) is 23.2 Å². The Kier molecular flexibility index (Phi) is 3.60. The molecule has 0 atom stereocenters. The average Bonchev–Trinajstić information content (AvgIpc) is 2.21. The quantitative estimate of drug-likeness (QED) is 0.754. The Labute approximate surface area is 88.7 Å². The van der Waals surface area contributed by atoms with Crippen LogP contribution in [0.2, 0.25) is 0 Å². The Balaban J connectivity index is 3.19. The monoisotopic (exact) mass is 233 g/mol. The van der Waals surface area contributed by atoms with E-state index in [-0.39, 0.29) is 5.56 Å². The molecule has 0 saturated carbocycles. The van der Waals surface area contributed by atoms with E-state index in [2.05, 4.69) is 4.74 Å². The van der Waals surface area contributed by atoms with Crippen LogP contribution in [0.3, 0.4) is 0 Å². The third-order valence-corrected chi connectivity index (χ3v) is 1.96. The molecule has 0 spiro atoms. The summed E-state index contributed by atoms with van der Waals surface area (Å²) in [5.74, 6) is -1.58.